The van der Waals surface area contributed by atoms with Gasteiger partial charge in [-0.2, -0.15) is 0 Å². The lowest BCUT2D eigenvalue weighted by molar-refractivity contribution is 0.104. The van der Waals surface area contributed by atoms with Crippen LogP contribution in [0.25, 0.3) is 22.8 Å². The maximum absolute atomic E-state index is 12.8. The zero-order chi connectivity index (χ0) is 24.2. The summed E-state index contributed by atoms with van der Waals surface area (Å²) in [5.74, 6) is 2.90. The van der Waals surface area contributed by atoms with Crippen LogP contribution in [0.3, 0.4) is 0 Å². The lowest BCUT2D eigenvalue weighted by Gasteiger charge is -2.08. The van der Waals surface area contributed by atoms with Gasteiger partial charge in [0.1, 0.15) is 11.4 Å². The van der Waals surface area contributed by atoms with Crippen LogP contribution < -0.4 is 0 Å². The van der Waals surface area contributed by atoms with Gasteiger partial charge in [-0.05, 0) is 72.9 Å². The van der Waals surface area contributed by atoms with E-state index in [0.717, 1.165) is 62.7 Å². The normalized spacial score (nSPS) is 10.8. The molecule has 0 fully saturated rings. The number of thioether (sulfide) groups is 3. The van der Waals surface area contributed by atoms with E-state index >= 15 is 0 Å². The Morgan fingerprint density at radius 3 is 2.12 bits per heavy atom. The van der Waals surface area contributed by atoms with Crippen molar-refractivity contribution < 1.29 is 4.79 Å². The average molecular weight is 511 g/mol. The molecule has 0 atom stereocenters. The van der Waals surface area contributed by atoms with Gasteiger partial charge >= 0.3 is 0 Å². The molecule has 0 unspecified atom stereocenters. The first-order valence-electron chi connectivity index (χ1n) is 11.6. The van der Waals surface area contributed by atoms with Gasteiger partial charge in [0.2, 0.25) is 5.78 Å². The molecule has 3 rings (SSSR count). The van der Waals surface area contributed by atoms with Crippen molar-refractivity contribution in [3.8, 4) is 22.8 Å². The Kier molecular flexibility index (Phi) is 11.1. The maximum Gasteiger partial charge on any atom is 0.207 e. The molecule has 0 amide bonds. The molecular weight excluding hydrogens is 481 g/mol. The second-order valence-electron chi connectivity index (χ2n) is 7.47. The fraction of sp³-hybridized carbons (Fsp3) is 0.346. The smallest absolute Gasteiger partial charge is 0.207 e. The predicted molar refractivity (Wildman–Crippen MR) is 147 cm³/mol. The van der Waals surface area contributed by atoms with E-state index < -0.39 is 0 Å². The molecule has 0 bridgehead atoms. The molecule has 0 aliphatic carbocycles. The summed E-state index contributed by atoms with van der Waals surface area (Å²) in [5.41, 5.74) is 3.32. The Hall–Kier alpha value is -2.16. The van der Waals surface area contributed by atoms with Gasteiger partial charge in [0.15, 0.2) is 0 Å². The summed E-state index contributed by atoms with van der Waals surface area (Å²) in [4.78, 5) is 23.2. The van der Waals surface area contributed by atoms with Crippen molar-refractivity contribution >= 4 is 41.1 Å². The van der Waals surface area contributed by atoms with Crippen LogP contribution in [0.4, 0.5) is 0 Å². The van der Waals surface area contributed by atoms with E-state index in [0.29, 0.717) is 11.4 Å². The number of nitrogens with zero attached hydrogens (tertiary/aromatic N) is 4. The Balaban J connectivity index is 1.86. The molecule has 3 aromatic heterocycles. The highest BCUT2D eigenvalue weighted by molar-refractivity contribution is 8.22. The highest BCUT2D eigenvalue weighted by Crippen LogP contribution is 2.30. The molecule has 0 aliphatic rings. The van der Waals surface area contributed by atoms with Crippen molar-refractivity contribution in [3.63, 3.8) is 0 Å². The fourth-order valence-corrected chi connectivity index (χ4v) is 5.75. The lowest BCUT2D eigenvalue weighted by atomic mass is 10.2. The minimum Gasteiger partial charge on any atom is -0.287 e. The Morgan fingerprint density at radius 1 is 0.824 bits per heavy atom. The van der Waals surface area contributed by atoms with Crippen molar-refractivity contribution in [2.75, 3.05) is 17.3 Å². The van der Waals surface area contributed by atoms with E-state index in [1.54, 1.807) is 53.6 Å². The number of carbonyl (C=O) groups excluding carboxylic acids is 1. The third kappa shape index (κ3) is 7.96. The monoisotopic (exact) mass is 510 g/mol. The molecule has 3 aromatic rings. The van der Waals surface area contributed by atoms with Crippen LogP contribution in [0.2, 0.25) is 0 Å². The number of allylic oxidation sites excluding steroid dienone is 1. The minimum atomic E-state index is -0.115. The molecule has 178 valence electrons. The van der Waals surface area contributed by atoms with Crippen molar-refractivity contribution in [2.24, 2.45) is 0 Å². The van der Waals surface area contributed by atoms with Crippen LogP contribution in [-0.2, 0) is 0 Å². The first-order chi connectivity index (χ1) is 16.6. The Morgan fingerprint density at radius 2 is 1.53 bits per heavy atom. The third-order valence-corrected chi connectivity index (χ3v) is 8.44. The summed E-state index contributed by atoms with van der Waals surface area (Å²) in [5, 5.41) is 8.59. The number of hydrogen-bond donors (Lipinski definition) is 0. The number of carbonyl (C=O) groups is 1. The topological polar surface area (TPSA) is 68.6 Å². The van der Waals surface area contributed by atoms with Crippen molar-refractivity contribution in [1.29, 1.82) is 0 Å². The number of aromatic nitrogens is 4. The van der Waals surface area contributed by atoms with E-state index in [2.05, 4.69) is 42.0 Å². The molecule has 3 heterocycles. The van der Waals surface area contributed by atoms with Gasteiger partial charge in [0.05, 0.1) is 17.1 Å². The number of ketones is 1. The largest absolute Gasteiger partial charge is 0.287 e. The maximum atomic E-state index is 12.8. The zero-order valence-corrected chi connectivity index (χ0v) is 22.3. The van der Waals surface area contributed by atoms with Gasteiger partial charge in [-0.1, -0.05) is 26.8 Å². The first kappa shape index (κ1) is 26.4. The number of rotatable bonds is 13. The van der Waals surface area contributed by atoms with E-state index in [9.17, 15) is 4.79 Å². The SMILES string of the molecule is CCCSC(=CC(=O)c1ccc(-c2cc(SCCC)cc(-c3ccccn3)n2)nn1)SCCC. The molecule has 0 saturated heterocycles. The summed E-state index contributed by atoms with van der Waals surface area (Å²) in [7, 11) is 0. The molecule has 8 heteroatoms. The summed E-state index contributed by atoms with van der Waals surface area (Å²) in [6.07, 6.45) is 6.69. The lowest BCUT2D eigenvalue weighted by Crippen LogP contribution is -2.02. The number of pyridine rings is 2. The van der Waals surface area contributed by atoms with Crippen molar-refractivity contribution in [1.82, 2.24) is 20.2 Å². The molecule has 34 heavy (non-hydrogen) atoms. The average Bonchev–Trinajstić information content (AvgIpc) is 2.89. The van der Waals surface area contributed by atoms with E-state index in [-0.39, 0.29) is 5.78 Å². The minimum absolute atomic E-state index is 0.115. The summed E-state index contributed by atoms with van der Waals surface area (Å²) >= 11 is 5.24. The summed E-state index contributed by atoms with van der Waals surface area (Å²) in [6, 6.07) is 13.4. The van der Waals surface area contributed by atoms with E-state index in [1.807, 2.05) is 30.3 Å². The van der Waals surface area contributed by atoms with Crippen LogP contribution in [-0.4, -0.2) is 43.2 Å². The fourth-order valence-electron chi connectivity index (χ4n) is 2.90. The van der Waals surface area contributed by atoms with Crippen LogP contribution in [0.5, 0.6) is 0 Å². The molecule has 0 saturated carbocycles. The van der Waals surface area contributed by atoms with Crippen LogP contribution >= 0.6 is 35.3 Å². The summed E-state index contributed by atoms with van der Waals surface area (Å²) in [6.45, 7) is 6.45. The van der Waals surface area contributed by atoms with Gasteiger partial charge in [0.25, 0.3) is 0 Å². The van der Waals surface area contributed by atoms with Gasteiger partial charge in [-0.15, -0.1) is 45.5 Å². The molecule has 0 aromatic carbocycles. The molecule has 0 aliphatic heterocycles. The van der Waals surface area contributed by atoms with Gasteiger partial charge in [-0.3, -0.25) is 9.78 Å². The van der Waals surface area contributed by atoms with Crippen molar-refractivity contribution in [2.45, 2.75) is 44.9 Å². The highest BCUT2D eigenvalue weighted by Gasteiger charge is 2.13. The summed E-state index contributed by atoms with van der Waals surface area (Å²) < 4.78 is 1.04. The van der Waals surface area contributed by atoms with Gasteiger partial charge < -0.3 is 0 Å². The van der Waals surface area contributed by atoms with E-state index in [4.69, 9.17) is 4.98 Å². The number of hydrogen-bond acceptors (Lipinski definition) is 8. The molecule has 0 radical (unpaired) electrons. The zero-order valence-electron chi connectivity index (χ0n) is 19.9. The molecule has 5 nitrogen and oxygen atoms in total. The van der Waals surface area contributed by atoms with Crippen LogP contribution in [0.1, 0.15) is 50.5 Å². The Labute approximate surface area is 215 Å². The molecular formula is C26H30N4OS3. The molecule has 0 N–H and O–H groups in total. The second-order valence-corrected chi connectivity index (χ2v) is 11.2. The predicted octanol–water partition coefficient (Wildman–Crippen LogP) is 7.41. The first-order valence-corrected chi connectivity index (χ1v) is 14.5. The highest BCUT2D eigenvalue weighted by atomic mass is 32.2. The molecule has 0 spiro atoms. The quantitative estimate of drug-likeness (QED) is 0.134. The van der Waals surface area contributed by atoms with Crippen LogP contribution in [0, 0.1) is 0 Å². The third-order valence-electron chi connectivity index (χ3n) is 4.52. The Bertz CT molecular complexity index is 1080. The standard InChI is InChI=1S/C26H30N4OS3/c1-4-13-32-19-16-23(20-9-7-8-12-27-20)28-24(17-19)21-10-11-22(30-29-21)25(31)18-26(33-14-5-2)34-15-6-3/h7-12,16-18H,4-6,13-15H2,1-3H3. The van der Waals surface area contributed by atoms with Gasteiger partial charge in [0, 0.05) is 21.4 Å². The second kappa shape index (κ2) is 14.3. The van der Waals surface area contributed by atoms with Crippen molar-refractivity contribution in [3.05, 3.63) is 64.7 Å². The van der Waals surface area contributed by atoms with Gasteiger partial charge in [-0.25, -0.2) is 4.98 Å². The van der Waals surface area contributed by atoms with E-state index in [1.165, 1.54) is 0 Å². The van der Waals surface area contributed by atoms with Crippen LogP contribution in [0.15, 0.2) is 63.9 Å².